The summed E-state index contributed by atoms with van der Waals surface area (Å²) in [6, 6.07) is 8.57. The monoisotopic (exact) mass is 441 g/mol. The molecule has 10 nitrogen and oxygen atoms in total. The molecule has 4 rings (SSSR count). The molecule has 1 aromatic carbocycles. The van der Waals surface area contributed by atoms with Gasteiger partial charge in [-0.05, 0) is 23.8 Å². The van der Waals surface area contributed by atoms with E-state index >= 15 is 0 Å². The van der Waals surface area contributed by atoms with Gasteiger partial charge in [0.2, 0.25) is 11.9 Å². The van der Waals surface area contributed by atoms with Gasteiger partial charge in [0.05, 0.1) is 12.7 Å². The topological polar surface area (TPSA) is 113 Å². The summed E-state index contributed by atoms with van der Waals surface area (Å²) in [5, 5.41) is -0.0469. The summed E-state index contributed by atoms with van der Waals surface area (Å²) in [7, 11) is -2.04. The van der Waals surface area contributed by atoms with Crippen molar-refractivity contribution < 1.29 is 13.2 Å². The summed E-state index contributed by atoms with van der Waals surface area (Å²) in [5.74, 6) is 0.716. The molecule has 31 heavy (non-hydrogen) atoms. The van der Waals surface area contributed by atoms with E-state index in [0.717, 1.165) is 5.56 Å². The van der Waals surface area contributed by atoms with E-state index in [9.17, 15) is 13.2 Å². The van der Waals surface area contributed by atoms with Crippen LogP contribution < -0.4 is 9.62 Å². The van der Waals surface area contributed by atoms with Crippen LogP contribution in [-0.2, 0) is 28.3 Å². The number of nitrogens with zero attached hydrogens (tertiary/aromatic N) is 6. The number of imidazole rings is 1. The molecule has 1 N–H and O–H groups in total. The molecule has 0 bridgehead atoms. The van der Waals surface area contributed by atoms with E-state index in [1.54, 1.807) is 54.3 Å². The zero-order valence-electron chi connectivity index (χ0n) is 17.0. The molecule has 0 saturated carbocycles. The number of carbonyl (C=O) groups is 1. The molecule has 3 aromatic rings. The summed E-state index contributed by atoms with van der Waals surface area (Å²) in [4.78, 5) is 28.9. The van der Waals surface area contributed by atoms with Crippen LogP contribution in [0.25, 0.3) is 0 Å². The summed E-state index contributed by atoms with van der Waals surface area (Å²) < 4.78 is 28.8. The maximum absolute atomic E-state index is 12.7. The van der Waals surface area contributed by atoms with Crippen molar-refractivity contribution in [2.75, 3.05) is 35.8 Å². The number of hydrogen-bond donors (Lipinski definition) is 1. The van der Waals surface area contributed by atoms with Gasteiger partial charge in [-0.3, -0.25) is 9.52 Å². The first-order valence-corrected chi connectivity index (χ1v) is 11.3. The molecule has 1 fully saturated rings. The average molecular weight is 442 g/mol. The Kier molecular flexibility index (Phi) is 5.85. The Bertz CT molecular complexity index is 1140. The minimum absolute atomic E-state index is 0.0375. The second-order valence-electron chi connectivity index (χ2n) is 7.27. The number of benzene rings is 1. The first-order valence-electron chi connectivity index (χ1n) is 9.80. The largest absolute Gasteiger partial charge is 0.339 e. The van der Waals surface area contributed by atoms with Gasteiger partial charge in [0.15, 0.2) is 5.03 Å². The minimum atomic E-state index is -3.75. The van der Waals surface area contributed by atoms with Gasteiger partial charge in [-0.25, -0.2) is 15.0 Å². The summed E-state index contributed by atoms with van der Waals surface area (Å²) >= 11 is 0. The Hall–Kier alpha value is -3.47. The standard InChI is InChI=1S/C20H23N7O3S/c1-25-14-18(23-15-25)31(29,30)24-17-5-3-16(4-6-17)13-19(28)26-9-11-27(12-10-26)20-21-7-2-8-22-20/h2-8,14-15,24H,9-13H2,1H3. The SMILES string of the molecule is Cn1cnc(S(=O)(=O)Nc2ccc(CC(=O)N3CCN(c4ncccn4)CC3)cc2)c1. The molecule has 0 aliphatic carbocycles. The number of anilines is 2. The molecule has 1 aliphatic rings. The van der Waals surface area contributed by atoms with Gasteiger partial charge in [0.1, 0.15) is 0 Å². The molecule has 0 unspecified atom stereocenters. The highest BCUT2D eigenvalue weighted by Gasteiger charge is 2.22. The average Bonchev–Trinajstić information content (AvgIpc) is 3.23. The molecule has 1 amide bonds. The van der Waals surface area contributed by atoms with Crippen LogP contribution in [0.15, 0.2) is 60.3 Å². The zero-order chi connectivity index (χ0) is 21.8. The van der Waals surface area contributed by atoms with Crippen LogP contribution in [0.2, 0.25) is 0 Å². The third-order valence-corrected chi connectivity index (χ3v) is 6.25. The normalized spacial score (nSPS) is 14.5. The first kappa shape index (κ1) is 20.8. The van der Waals surface area contributed by atoms with Crippen LogP contribution in [-0.4, -0.2) is 64.9 Å². The van der Waals surface area contributed by atoms with Crippen molar-refractivity contribution in [3.63, 3.8) is 0 Å². The summed E-state index contributed by atoms with van der Waals surface area (Å²) in [6.07, 6.45) is 6.53. The maximum Gasteiger partial charge on any atom is 0.280 e. The Balaban J connectivity index is 1.31. The predicted molar refractivity (Wildman–Crippen MR) is 115 cm³/mol. The number of sulfonamides is 1. The number of piperazine rings is 1. The number of nitrogens with one attached hydrogen (secondary N) is 1. The van der Waals surface area contributed by atoms with Gasteiger partial charge in [0, 0.05) is 57.5 Å². The maximum atomic E-state index is 12.7. The van der Waals surface area contributed by atoms with E-state index in [0.29, 0.717) is 37.8 Å². The van der Waals surface area contributed by atoms with Gasteiger partial charge in [-0.1, -0.05) is 12.1 Å². The van der Waals surface area contributed by atoms with Crippen molar-refractivity contribution >= 4 is 27.6 Å². The highest BCUT2D eigenvalue weighted by molar-refractivity contribution is 7.92. The molecule has 1 aliphatic heterocycles. The van der Waals surface area contributed by atoms with Gasteiger partial charge in [-0.2, -0.15) is 8.42 Å². The molecule has 162 valence electrons. The van der Waals surface area contributed by atoms with E-state index in [2.05, 4.69) is 24.6 Å². The van der Waals surface area contributed by atoms with Gasteiger partial charge in [0.25, 0.3) is 10.0 Å². The van der Waals surface area contributed by atoms with Crippen LogP contribution in [0, 0.1) is 0 Å². The van der Waals surface area contributed by atoms with Crippen LogP contribution in [0.5, 0.6) is 0 Å². The van der Waals surface area contributed by atoms with E-state index in [1.807, 2.05) is 4.90 Å². The van der Waals surface area contributed by atoms with Crippen LogP contribution in [0.3, 0.4) is 0 Å². The van der Waals surface area contributed by atoms with Crippen molar-refractivity contribution in [2.45, 2.75) is 11.4 Å². The molecule has 2 aromatic heterocycles. The molecular weight excluding hydrogens is 418 g/mol. The lowest BCUT2D eigenvalue weighted by atomic mass is 10.1. The van der Waals surface area contributed by atoms with Gasteiger partial charge >= 0.3 is 0 Å². The van der Waals surface area contributed by atoms with Crippen molar-refractivity contribution in [1.29, 1.82) is 0 Å². The first-order chi connectivity index (χ1) is 14.9. The Morgan fingerprint density at radius 1 is 1.03 bits per heavy atom. The Morgan fingerprint density at radius 2 is 1.71 bits per heavy atom. The Morgan fingerprint density at radius 3 is 2.32 bits per heavy atom. The lowest BCUT2D eigenvalue weighted by Gasteiger charge is -2.34. The van der Waals surface area contributed by atoms with Crippen molar-refractivity contribution in [3.8, 4) is 0 Å². The van der Waals surface area contributed by atoms with Crippen LogP contribution in [0.4, 0.5) is 11.6 Å². The van der Waals surface area contributed by atoms with E-state index in [-0.39, 0.29) is 17.4 Å². The molecule has 11 heteroatoms. The van der Waals surface area contributed by atoms with E-state index in [1.165, 1.54) is 12.5 Å². The number of rotatable bonds is 6. The van der Waals surface area contributed by atoms with Crippen LogP contribution in [0.1, 0.15) is 5.56 Å². The third-order valence-electron chi connectivity index (χ3n) is 4.99. The fourth-order valence-electron chi connectivity index (χ4n) is 3.32. The summed E-state index contributed by atoms with van der Waals surface area (Å²) in [6.45, 7) is 2.59. The number of aryl methyl sites for hydroxylation is 1. The minimum Gasteiger partial charge on any atom is -0.339 e. The second kappa shape index (κ2) is 8.72. The third kappa shape index (κ3) is 5.00. The van der Waals surface area contributed by atoms with Crippen molar-refractivity contribution in [2.24, 2.45) is 7.05 Å². The molecule has 0 spiro atoms. The van der Waals surface area contributed by atoms with Crippen LogP contribution >= 0.6 is 0 Å². The predicted octanol–water partition coefficient (Wildman–Crippen LogP) is 0.902. The smallest absolute Gasteiger partial charge is 0.280 e. The summed E-state index contributed by atoms with van der Waals surface area (Å²) in [5.41, 5.74) is 1.23. The van der Waals surface area contributed by atoms with Gasteiger partial charge < -0.3 is 14.4 Å². The van der Waals surface area contributed by atoms with Crippen molar-refractivity contribution in [1.82, 2.24) is 24.4 Å². The number of aromatic nitrogens is 4. The van der Waals surface area contributed by atoms with E-state index in [4.69, 9.17) is 0 Å². The molecule has 0 radical (unpaired) electrons. The molecule has 1 saturated heterocycles. The highest BCUT2D eigenvalue weighted by Crippen LogP contribution is 2.17. The van der Waals surface area contributed by atoms with E-state index < -0.39 is 10.0 Å². The Labute approximate surface area is 180 Å². The number of carbonyl (C=O) groups excluding carboxylic acids is 1. The quantitative estimate of drug-likeness (QED) is 0.605. The second-order valence-corrected chi connectivity index (χ2v) is 8.90. The zero-order valence-corrected chi connectivity index (χ0v) is 17.9. The fourth-order valence-corrected chi connectivity index (χ4v) is 4.36. The van der Waals surface area contributed by atoms with Crippen molar-refractivity contribution in [3.05, 3.63) is 60.8 Å². The molecule has 3 heterocycles. The number of amides is 1. The number of hydrogen-bond acceptors (Lipinski definition) is 7. The molecule has 0 atom stereocenters. The lowest BCUT2D eigenvalue weighted by Crippen LogP contribution is -2.49. The van der Waals surface area contributed by atoms with Gasteiger partial charge in [-0.15, -0.1) is 0 Å². The fraction of sp³-hybridized carbons (Fsp3) is 0.300. The lowest BCUT2D eigenvalue weighted by molar-refractivity contribution is -0.130. The highest BCUT2D eigenvalue weighted by atomic mass is 32.2. The molecular formula is C20H23N7O3S.